The van der Waals surface area contributed by atoms with Crippen LogP contribution in [0.2, 0.25) is 5.02 Å². The van der Waals surface area contributed by atoms with Crippen LogP contribution in [0.3, 0.4) is 0 Å². The molecule has 0 atom stereocenters. The smallest absolute Gasteiger partial charge is 0.170 e. The average Bonchev–Trinajstić information content (AvgIpc) is 2.37. The monoisotopic (exact) mass is 280 g/mol. The first-order valence-electron chi connectivity index (χ1n) is 5.71. The minimum atomic E-state index is -0.586. The largest absolute Gasteiger partial charge is 0.294 e. The maximum Gasteiger partial charge on any atom is 0.170 e. The van der Waals surface area contributed by atoms with Gasteiger partial charge in [-0.05, 0) is 36.2 Å². The number of benzene rings is 2. The van der Waals surface area contributed by atoms with Crippen molar-refractivity contribution in [3.8, 4) is 0 Å². The number of aryl methyl sites for hydroxylation is 1. The van der Waals surface area contributed by atoms with E-state index in [1.165, 1.54) is 18.2 Å². The zero-order valence-corrected chi connectivity index (χ0v) is 11.0. The Labute approximate surface area is 114 Å². The minimum absolute atomic E-state index is 0.00191. The number of hydrogen-bond donors (Lipinski definition) is 0. The van der Waals surface area contributed by atoms with Crippen molar-refractivity contribution in [1.82, 2.24) is 0 Å². The van der Waals surface area contributed by atoms with Gasteiger partial charge >= 0.3 is 0 Å². The zero-order chi connectivity index (χ0) is 14.0. The van der Waals surface area contributed by atoms with Gasteiger partial charge in [0.1, 0.15) is 11.6 Å². The van der Waals surface area contributed by atoms with Crippen molar-refractivity contribution in [2.45, 2.75) is 13.3 Å². The first kappa shape index (κ1) is 13.7. The van der Waals surface area contributed by atoms with E-state index in [-0.39, 0.29) is 22.8 Å². The molecule has 0 saturated heterocycles. The van der Waals surface area contributed by atoms with Crippen molar-refractivity contribution in [1.29, 1.82) is 0 Å². The normalized spacial score (nSPS) is 10.5. The summed E-state index contributed by atoms with van der Waals surface area (Å²) in [6.07, 6.45) is -0.0610. The van der Waals surface area contributed by atoms with E-state index >= 15 is 0 Å². The van der Waals surface area contributed by atoms with Gasteiger partial charge in [-0.1, -0.05) is 29.8 Å². The lowest BCUT2D eigenvalue weighted by Gasteiger charge is -2.05. The Kier molecular flexibility index (Phi) is 3.96. The standard InChI is InChI=1S/C15H11ClF2O/c1-9-3-2-4-11(15(9)18)14(19)8-10-5-6-12(16)13(17)7-10/h2-7H,8H2,1H3. The van der Waals surface area contributed by atoms with Gasteiger partial charge in [0.15, 0.2) is 5.78 Å². The van der Waals surface area contributed by atoms with E-state index in [4.69, 9.17) is 11.6 Å². The fourth-order valence-corrected chi connectivity index (χ4v) is 1.91. The molecule has 0 fully saturated rings. The number of carbonyl (C=O) groups is 1. The number of Topliss-reactive ketones (excluding diaryl/α,β-unsaturated/α-hetero) is 1. The summed E-state index contributed by atoms with van der Waals surface area (Å²) in [6, 6.07) is 8.76. The van der Waals surface area contributed by atoms with Crippen LogP contribution in [0, 0.1) is 18.6 Å². The van der Waals surface area contributed by atoms with Crippen LogP contribution in [0.25, 0.3) is 0 Å². The van der Waals surface area contributed by atoms with Gasteiger partial charge in [0.25, 0.3) is 0 Å². The summed E-state index contributed by atoms with van der Waals surface area (Å²) in [6.45, 7) is 1.59. The highest BCUT2D eigenvalue weighted by Crippen LogP contribution is 2.18. The molecule has 0 aliphatic carbocycles. The minimum Gasteiger partial charge on any atom is -0.294 e. The first-order valence-corrected chi connectivity index (χ1v) is 6.09. The molecule has 1 nitrogen and oxygen atoms in total. The highest BCUT2D eigenvalue weighted by molar-refractivity contribution is 6.30. The molecular formula is C15H11ClF2O. The summed E-state index contributed by atoms with van der Waals surface area (Å²) in [4.78, 5) is 12.0. The fraction of sp³-hybridized carbons (Fsp3) is 0.133. The molecule has 0 amide bonds. The molecule has 19 heavy (non-hydrogen) atoms. The Hall–Kier alpha value is -1.74. The van der Waals surface area contributed by atoms with Crippen molar-refractivity contribution < 1.29 is 13.6 Å². The van der Waals surface area contributed by atoms with Crippen LogP contribution in [0.15, 0.2) is 36.4 Å². The van der Waals surface area contributed by atoms with Crippen LogP contribution in [-0.2, 0) is 6.42 Å². The van der Waals surface area contributed by atoms with Gasteiger partial charge in [-0.2, -0.15) is 0 Å². The van der Waals surface area contributed by atoms with E-state index < -0.39 is 11.6 Å². The molecular weight excluding hydrogens is 270 g/mol. The van der Waals surface area contributed by atoms with Crippen molar-refractivity contribution in [2.24, 2.45) is 0 Å². The predicted octanol–water partition coefficient (Wildman–Crippen LogP) is 4.35. The summed E-state index contributed by atoms with van der Waals surface area (Å²) in [5.74, 6) is -1.50. The number of rotatable bonds is 3. The molecule has 0 aromatic heterocycles. The SMILES string of the molecule is Cc1cccc(C(=O)Cc2ccc(Cl)c(F)c2)c1F. The third-order valence-electron chi connectivity index (χ3n) is 2.84. The van der Waals surface area contributed by atoms with Gasteiger partial charge in [0.05, 0.1) is 10.6 Å². The second kappa shape index (κ2) is 5.49. The van der Waals surface area contributed by atoms with Crippen molar-refractivity contribution in [3.63, 3.8) is 0 Å². The Morgan fingerprint density at radius 1 is 1.21 bits per heavy atom. The third-order valence-corrected chi connectivity index (χ3v) is 3.15. The van der Waals surface area contributed by atoms with Crippen LogP contribution >= 0.6 is 11.6 Å². The fourth-order valence-electron chi connectivity index (χ4n) is 1.79. The van der Waals surface area contributed by atoms with Crippen molar-refractivity contribution >= 4 is 17.4 Å². The second-order valence-electron chi connectivity index (χ2n) is 4.28. The Bertz CT molecular complexity index is 638. The molecule has 0 radical (unpaired) electrons. The quantitative estimate of drug-likeness (QED) is 0.764. The van der Waals surface area contributed by atoms with Crippen LogP contribution in [0.4, 0.5) is 8.78 Å². The number of ketones is 1. The van der Waals surface area contributed by atoms with Gasteiger partial charge in [-0.25, -0.2) is 8.78 Å². The molecule has 0 unspecified atom stereocenters. The summed E-state index contributed by atoms with van der Waals surface area (Å²) in [7, 11) is 0. The summed E-state index contributed by atoms with van der Waals surface area (Å²) >= 11 is 5.56. The number of carbonyl (C=O) groups excluding carboxylic acids is 1. The highest BCUT2D eigenvalue weighted by Gasteiger charge is 2.14. The van der Waals surface area contributed by atoms with Gasteiger partial charge in [-0.3, -0.25) is 4.79 Å². The third kappa shape index (κ3) is 2.99. The predicted molar refractivity (Wildman–Crippen MR) is 70.6 cm³/mol. The molecule has 2 aromatic carbocycles. The average molecular weight is 281 g/mol. The van der Waals surface area contributed by atoms with Crippen LogP contribution in [-0.4, -0.2) is 5.78 Å². The van der Waals surface area contributed by atoms with E-state index in [0.717, 1.165) is 0 Å². The van der Waals surface area contributed by atoms with E-state index in [1.54, 1.807) is 25.1 Å². The van der Waals surface area contributed by atoms with E-state index in [2.05, 4.69) is 0 Å². The topological polar surface area (TPSA) is 17.1 Å². The van der Waals surface area contributed by atoms with Crippen LogP contribution in [0.1, 0.15) is 21.5 Å². The van der Waals surface area contributed by atoms with Gasteiger partial charge in [0, 0.05) is 6.42 Å². The first-order chi connectivity index (χ1) is 8.99. The molecule has 0 saturated carbocycles. The van der Waals surface area contributed by atoms with Gasteiger partial charge < -0.3 is 0 Å². The molecule has 0 aliphatic heterocycles. The Balaban J connectivity index is 2.26. The second-order valence-corrected chi connectivity index (χ2v) is 4.69. The number of hydrogen-bond acceptors (Lipinski definition) is 1. The molecule has 0 heterocycles. The maximum absolute atomic E-state index is 13.8. The molecule has 0 bridgehead atoms. The zero-order valence-electron chi connectivity index (χ0n) is 10.2. The van der Waals surface area contributed by atoms with E-state index in [0.29, 0.717) is 11.1 Å². The molecule has 0 N–H and O–H groups in total. The van der Waals surface area contributed by atoms with E-state index in [1.807, 2.05) is 0 Å². The molecule has 2 rings (SSSR count). The maximum atomic E-state index is 13.8. The summed E-state index contributed by atoms with van der Waals surface area (Å²) < 4.78 is 27.0. The lowest BCUT2D eigenvalue weighted by Crippen LogP contribution is -2.07. The lowest BCUT2D eigenvalue weighted by atomic mass is 10.0. The molecule has 98 valence electrons. The summed E-state index contributed by atoms with van der Waals surface area (Å²) in [5.41, 5.74) is 0.899. The molecule has 0 aliphatic rings. The lowest BCUT2D eigenvalue weighted by molar-refractivity contribution is 0.0989. The molecule has 2 aromatic rings. The van der Waals surface area contributed by atoms with Crippen molar-refractivity contribution in [3.05, 3.63) is 69.7 Å². The Morgan fingerprint density at radius 3 is 2.63 bits per heavy atom. The van der Waals surface area contributed by atoms with Crippen molar-refractivity contribution in [2.75, 3.05) is 0 Å². The summed E-state index contributed by atoms with van der Waals surface area (Å²) in [5, 5.41) is -0.00191. The molecule has 4 heteroatoms. The van der Waals surface area contributed by atoms with Crippen LogP contribution < -0.4 is 0 Å². The number of halogens is 3. The Morgan fingerprint density at radius 2 is 1.95 bits per heavy atom. The van der Waals surface area contributed by atoms with Crippen LogP contribution in [0.5, 0.6) is 0 Å². The molecule has 0 spiro atoms. The highest BCUT2D eigenvalue weighted by atomic mass is 35.5. The van der Waals surface area contributed by atoms with E-state index in [9.17, 15) is 13.6 Å². The van der Waals surface area contributed by atoms with Gasteiger partial charge in [-0.15, -0.1) is 0 Å². The van der Waals surface area contributed by atoms with Gasteiger partial charge in [0.2, 0.25) is 0 Å².